The summed E-state index contributed by atoms with van der Waals surface area (Å²) in [6.07, 6.45) is 7.72. The van der Waals surface area contributed by atoms with Gasteiger partial charge >= 0.3 is 0 Å². The van der Waals surface area contributed by atoms with Gasteiger partial charge in [0, 0.05) is 0 Å². The molecule has 136 valence electrons. The van der Waals surface area contributed by atoms with Gasteiger partial charge in [0.25, 0.3) is 0 Å². The molecule has 1 heteroatoms. The van der Waals surface area contributed by atoms with E-state index in [4.69, 9.17) is 5.26 Å². The van der Waals surface area contributed by atoms with E-state index in [1.54, 1.807) is 0 Å². The predicted molar refractivity (Wildman–Crippen MR) is 114 cm³/mol. The molecule has 0 unspecified atom stereocenters. The molecule has 1 nitrogen and oxygen atoms in total. The largest absolute Gasteiger partial charge is 0.192 e. The van der Waals surface area contributed by atoms with Gasteiger partial charge in [-0.3, -0.25) is 0 Å². The van der Waals surface area contributed by atoms with Gasteiger partial charge in [0.2, 0.25) is 0 Å². The molecule has 3 aromatic rings. The van der Waals surface area contributed by atoms with Gasteiger partial charge in [0.15, 0.2) is 0 Å². The number of aryl methyl sites for hydroxylation is 1. The minimum Gasteiger partial charge on any atom is -0.192 e. The van der Waals surface area contributed by atoms with Crippen LogP contribution in [-0.4, -0.2) is 0 Å². The summed E-state index contributed by atoms with van der Waals surface area (Å²) >= 11 is 0. The summed E-state index contributed by atoms with van der Waals surface area (Å²) in [5.41, 5.74) is 7.09. The molecule has 0 amide bonds. The summed E-state index contributed by atoms with van der Waals surface area (Å²) in [7, 11) is 0. The van der Waals surface area contributed by atoms with Crippen molar-refractivity contribution < 1.29 is 0 Å². The average molecular weight is 354 g/mol. The molecular weight excluding hydrogens is 326 g/mol. The smallest absolute Gasteiger partial charge is 0.0991 e. The highest BCUT2D eigenvalue weighted by Gasteiger charge is 2.06. The minimum absolute atomic E-state index is 0.697. The van der Waals surface area contributed by atoms with Crippen LogP contribution in [0, 0.1) is 11.3 Å². The number of benzene rings is 3. The van der Waals surface area contributed by atoms with Crippen molar-refractivity contribution in [2.75, 3.05) is 0 Å². The van der Waals surface area contributed by atoms with Crippen molar-refractivity contribution in [3.05, 3.63) is 83.9 Å². The van der Waals surface area contributed by atoms with Crippen LogP contribution in [0.2, 0.25) is 0 Å². The van der Waals surface area contributed by atoms with Gasteiger partial charge in [-0.15, -0.1) is 0 Å². The number of rotatable bonds is 8. The zero-order valence-electron chi connectivity index (χ0n) is 16.1. The van der Waals surface area contributed by atoms with Crippen molar-refractivity contribution in [3.8, 4) is 28.3 Å². The predicted octanol–water partition coefficient (Wildman–Crippen LogP) is 7.41. The van der Waals surface area contributed by atoms with Gasteiger partial charge in [0.05, 0.1) is 11.6 Å². The lowest BCUT2D eigenvalue weighted by molar-refractivity contribution is 0.632. The SMILES string of the molecule is CCCCCCCc1ccccc1-c1ccc(-c2ccc(C#N)cc2)cc1. The molecule has 3 rings (SSSR count). The Balaban J connectivity index is 1.74. The Morgan fingerprint density at radius 3 is 1.93 bits per heavy atom. The Hall–Kier alpha value is -2.85. The maximum Gasteiger partial charge on any atom is 0.0991 e. The summed E-state index contributed by atoms with van der Waals surface area (Å²) in [5.74, 6) is 0. The molecule has 0 bridgehead atoms. The van der Waals surface area contributed by atoms with E-state index in [0.29, 0.717) is 5.56 Å². The van der Waals surface area contributed by atoms with Crippen LogP contribution < -0.4 is 0 Å². The molecule has 0 aliphatic carbocycles. The van der Waals surface area contributed by atoms with Crippen LogP contribution in [0.3, 0.4) is 0 Å². The Bertz CT molecular complexity index is 883. The third-order valence-corrected chi connectivity index (χ3v) is 5.11. The topological polar surface area (TPSA) is 23.8 Å². The van der Waals surface area contributed by atoms with Crippen molar-refractivity contribution in [1.29, 1.82) is 5.26 Å². The molecule has 0 heterocycles. The van der Waals surface area contributed by atoms with Gasteiger partial charge < -0.3 is 0 Å². The molecule has 0 N–H and O–H groups in total. The van der Waals surface area contributed by atoms with Gasteiger partial charge in [0.1, 0.15) is 0 Å². The van der Waals surface area contributed by atoms with Crippen molar-refractivity contribution in [2.45, 2.75) is 45.4 Å². The van der Waals surface area contributed by atoms with Crippen LogP contribution >= 0.6 is 0 Å². The van der Waals surface area contributed by atoms with Crippen LogP contribution in [0.15, 0.2) is 72.8 Å². The second kappa shape index (κ2) is 9.74. The van der Waals surface area contributed by atoms with Crippen molar-refractivity contribution >= 4 is 0 Å². The zero-order valence-corrected chi connectivity index (χ0v) is 16.1. The first-order valence-corrected chi connectivity index (χ1v) is 10.0. The highest BCUT2D eigenvalue weighted by Crippen LogP contribution is 2.28. The van der Waals surface area contributed by atoms with Gasteiger partial charge in [-0.2, -0.15) is 5.26 Å². The lowest BCUT2D eigenvalue weighted by Gasteiger charge is -2.11. The Labute approximate surface area is 163 Å². The van der Waals surface area contributed by atoms with Crippen LogP contribution in [0.25, 0.3) is 22.3 Å². The van der Waals surface area contributed by atoms with E-state index in [2.05, 4.69) is 61.5 Å². The average Bonchev–Trinajstić information content (AvgIpc) is 2.74. The lowest BCUT2D eigenvalue weighted by atomic mass is 9.94. The first-order valence-electron chi connectivity index (χ1n) is 10.0. The quantitative estimate of drug-likeness (QED) is 0.387. The zero-order chi connectivity index (χ0) is 18.9. The number of unbranched alkanes of at least 4 members (excludes halogenated alkanes) is 4. The van der Waals surface area contributed by atoms with E-state index < -0.39 is 0 Å². The Morgan fingerprint density at radius 1 is 0.667 bits per heavy atom. The van der Waals surface area contributed by atoms with E-state index in [1.165, 1.54) is 54.4 Å². The maximum absolute atomic E-state index is 8.94. The van der Waals surface area contributed by atoms with Crippen LogP contribution in [0.5, 0.6) is 0 Å². The Morgan fingerprint density at radius 2 is 1.26 bits per heavy atom. The number of nitrogens with zero attached hydrogens (tertiary/aromatic N) is 1. The van der Waals surface area contributed by atoms with Crippen molar-refractivity contribution in [2.24, 2.45) is 0 Å². The van der Waals surface area contributed by atoms with E-state index in [1.807, 2.05) is 24.3 Å². The van der Waals surface area contributed by atoms with Gasteiger partial charge in [-0.25, -0.2) is 0 Å². The minimum atomic E-state index is 0.697. The third kappa shape index (κ3) is 5.08. The fraction of sp³-hybridized carbons (Fsp3) is 0.269. The summed E-state index contributed by atoms with van der Waals surface area (Å²) in [6.45, 7) is 2.26. The molecule has 0 aliphatic rings. The van der Waals surface area contributed by atoms with Crippen molar-refractivity contribution in [3.63, 3.8) is 0 Å². The molecule has 27 heavy (non-hydrogen) atoms. The molecule has 0 saturated carbocycles. The highest BCUT2D eigenvalue weighted by molar-refractivity contribution is 5.72. The first-order chi connectivity index (χ1) is 13.3. The van der Waals surface area contributed by atoms with E-state index in [-0.39, 0.29) is 0 Å². The number of hydrogen-bond acceptors (Lipinski definition) is 1. The van der Waals surface area contributed by atoms with Crippen LogP contribution in [0.4, 0.5) is 0 Å². The second-order valence-corrected chi connectivity index (χ2v) is 7.09. The summed E-state index contributed by atoms with van der Waals surface area (Å²) in [5, 5.41) is 8.94. The molecule has 0 aromatic heterocycles. The van der Waals surface area contributed by atoms with E-state index >= 15 is 0 Å². The molecule has 0 saturated heterocycles. The second-order valence-electron chi connectivity index (χ2n) is 7.09. The van der Waals surface area contributed by atoms with Gasteiger partial charge in [-0.05, 0) is 52.8 Å². The molecular formula is C26H27N. The summed E-state index contributed by atoms with van der Waals surface area (Å²) < 4.78 is 0. The monoisotopic (exact) mass is 353 g/mol. The van der Waals surface area contributed by atoms with E-state index in [9.17, 15) is 0 Å². The Kier molecular flexibility index (Phi) is 6.83. The molecule has 0 spiro atoms. The molecule has 0 atom stereocenters. The lowest BCUT2D eigenvalue weighted by Crippen LogP contribution is -1.91. The first kappa shape index (κ1) is 18.9. The van der Waals surface area contributed by atoms with Gasteiger partial charge in [-0.1, -0.05) is 93.3 Å². The molecule has 3 aromatic carbocycles. The standard InChI is InChI=1S/C26H27N/c1-2-3-4-5-6-9-24-10-7-8-11-26(24)25-18-16-23(17-19-25)22-14-12-21(20-27)13-15-22/h7-8,10-19H,2-6,9H2,1H3. The van der Waals surface area contributed by atoms with Crippen LogP contribution in [-0.2, 0) is 6.42 Å². The number of nitriles is 1. The number of hydrogen-bond donors (Lipinski definition) is 0. The third-order valence-electron chi connectivity index (χ3n) is 5.11. The van der Waals surface area contributed by atoms with Crippen LogP contribution in [0.1, 0.15) is 50.2 Å². The summed E-state index contributed by atoms with van der Waals surface area (Å²) in [4.78, 5) is 0. The molecule has 0 fully saturated rings. The maximum atomic E-state index is 8.94. The normalized spacial score (nSPS) is 10.5. The molecule has 0 radical (unpaired) electrons. The summed E-state index contributed by atoms with van der Waals surface area (Å²) in [6, 6.07) is 27.5. The highest BCUT2D eigenvalue weighted by atomic mass is 14.2. The fourth-order valence-electron chi connectivity index (χ4n) is 3.52. The van der Waals surface area contributed by atoms with Crippen molar-refractivity contribution in [1.82, 2.24) is 0 Å². The molecule has 0 aliphatic heterocycles. The van der Waals surface area contributed by atoms with E-state index in [0.717, 1.165) is 12.0 Å². The fourth-order valence-corrected chi connectivity index (χ4v) is 3.52.